The molecule has 0 heterocycles. The number of alkyl halides is 2. The minimum atomic E-state index is -6.01. The molecule has 30 heavy (non-hydrogen) atoms. The highest BCUT2D eigenvalue weighted by atomic mass is 32.2. The molecule has 0 radical (unpaired) electrons. The van der Waals surface area contributed by atoms with Crippen LogP contribution in [0.15, 0.2) is 0 Å². The van der Waals surface area contributed by atoms with Gasteiger partial charge in [0.2, 0.25) is 0 Å². The maximum absolute atomic E-state index is 13.7. The van der Waals surface area contributed by atoms with Crippen molar-refractivity contribution in [2.45, 2.75) is 89.0 Å². The maximum Gasteiger partial charge on any atom is 0.430 e. The molecule has 4 saturated carbocycles. The summed E-state index contributed by atoms with van der Waals surface area (Å²) in [4.78, 5) is 13.1. The van der Waals surface area contributed by atoms with Gasteiger partial charge in [-0.3, -0.25) is 9.35 Å². The number of hydrogen-bond donors (Lipinski definition) is 4. The van der Waals surface area contributed by atoms with Gasteiger partial charge in [-0.2, -0.15) is 17.2 Å². The molecule has 3 atom stereocenters. The molecule has 4 rings (SSSR count). The van der Waals surface area contributed by atoms with E-state index in [1.165, 1.54) is 0 Å². The number of aliphatic hydroxyl groups is 3. The van der Waals surface area contributed by atoms with E-state index in [2.05, 4.69) is 4.74 Å². The molecule has 0 amide bonds. The topological polar surface area (TPSA) is 141 Å². The van der Waals surface area contributed by atoms with Crippen LogP contribution in [-0.4, -0.2) is 57.0 Å². The van der Waals surface area contributed by atoms with Crippen molar-refractivity contribution in [3.05, 3.63) is 0 Å². The van der Waals surface area contributed by atoms with Gasteiger partial charge >= 0.3 is 21.3 Å². The zero-order valence-electron chi connectivity index (χ0n) is 17.5. The summed E-state index contributed by atoms with van der Waals surface area (Å²) < 4.78 is 62.4. The Bertz CT molecular complexity index is 812. The number of halogens is 2. The normalized spacial score (nSPS) is 37.9. The van der Waals surface area contributed by atoms with Crippen molar-refractivity contribution < 1.29 is 46.6 Å². The molecule has 0 aliphatic heterocycles. The third-order valence-corrected chi connectivity index (χ3v) is 8.84. The summed E-state index contributed by atoms with van der Waals surface area (Å²) in [6, 6.07) is 0. The van der Waals surface area contributed by atoms with Crippen molar-refractivity contribution in [3.63, 3.8) is 0 Å². The van der Waals surface area contributed by atoms with Crippen LogP contribution in [0, 0.1) is 22.2 Å². The van der Waals surface area contributed by atoms with Gasteiger partial charge in [0.05, 0.1) is 16.6 Å². The summed E-state index contributed by atoms with van der Waals surface area (Å²) in [6.07, 6.45) is -1.32. The van der Waals surface area contributed by atoms with Gasteiger partial charge in [0.1, 0.15) is 0 Å². The van der Waals surface area contributed by atoms with Gasteiger partial charge in [-0.05, 0) is 72.1 Å². The van der Waals surface area contributed by atoms with Crippen molar-refractivity contribution in [3.8, 4) is 0 Å². The van der Waals surface area contributed by atoms with Gasteiger partial charge in [-0.15, -0.1) is 0 Å². The molecule has 4 N–H and O–H groups in total. The molecule has 8 nitrogen and oxygen atoms in total. The van der Waals surface area contributed by atoms with E-state index in [1.54, 1.807) is 27.7 Å². The van der Waals surface area contributed by atoms with E-state index in [0.717, 1.165) is 0 Å². The van der Waals surface area contributed by atoms with E-state index in [4.69, 9.17) is 4.55 Å². The summed E-state index contributed by atoms with van der Waals surface area (Å²) in [7, 11) is -6.01. The predicted octanol–water partition coefficient (Wildman–Crippen LogP) is 1.83. The Morgan fingerprint density at radius 2 is 1.43 bits per heavy atom. The molecule has 0 aromatic rings. The Morgan fingerprint density at radius 1 is 1.00 bits per heavy atom. The lowest BCUT2D eigenvalue weighted by molar-refractivity contribution is -0.273. The Balaban J connectivity index is 2.01. The number of carbonyl (C=O) groups excluding carboxylic acids is 1. The van der Waals surface area contributed by atoms with Crippen LogP contribution in [0.25, 0.3) is 0 Å². The number of ether oxygens (including phenoxy) is 1. The highest BCUT2D eigenvalue weighted by Gasteiger charge is 2.72. The standard InChI is InChI=1S/C19H30F2O8S/c1-14(2,24)17-6-11-5-16(8-17,9-18(7-11,10-17)15(3,4)25)12(22)29-13(23)19(20,21)30(26,27)28/h11,13,23-25H,5-10H2,1-4H3,(H,26,27,28). The number of rotatable bonds is 6. The quantitative estimate of drug-likeness (QED) is 0.269. The highest BCUT2D eigenvalue weighted by Crippen LogP contribution is 2.74. The van der Waals surface area contributed by atoms with Crippen LogP contribution in [0.3, 0.4) is 0 Å². The molecule has 0 aromatic heterocycles. The lowest BCUT2D eigenvalue weighted by Crippen LogP contribution is -2.69. The van der Waals surface area contributed by atoms with E-state index in [9.17, 15) is 37.3 Å². The molecule has 11 heteroatoms. The van der Waals surface area contributed by atoms with E-state index < -0.39 is 55.1 Å². The summed E-state index contributed by atoms with van der Waals surface area (Å²) in [5.74, 6) is -1.31. The van der Waals surface area contributed by atoms with E-state index in [0.29, 0.717) is 19.3 Å². The molecule has 0 aromatic carbocycles. The molecular formula is C19H30F2O8S. The molecule has 3 unspecified atom stereocenters. The number of carbonyl (C=O) groups is 1. The third kappa shape index (κ3) is 3.28. The Labute approximate surface area is 174 Å². The Morgan fingerprint density at radius 3 is 1.80 bits per heavy atom. The molecule has 4 aliphatic carbocycles. The van der Waals surface area contributed by atoms with E-state index in [1.807, 2.05) is 0 Å². The van der Waals surface area contributed by atoms with Crippen molar-refractivity contribution in [1.82, 2.24) is 0 Å². The van der Waals surface area contributed by atoms with Crippen LogP contribution < -0.4 is 0 Å². The van der Waals surface area contributed by atoms with Crippen molar-refractivity contribution >= 4 is 16.1 Å². The minimum Gasteiger partial charge on any atom is -0.427 e. The molecule has 174 valence electrons. The molecular weight excluding hydrogens is 426 g/mol. The molecule has 4 bridgehead atoms. The summed E-state index contributed by atoms with van der Waals surface area (Å²) in [5, 5.41) is 26.4. The van der Waals surface area contributed by atoms with Crippen LogP contribution in [0.2, 0.25) is 0 Å². The fourth-order valence-electron chi connectivity index (χ4n) is 6.45. The van der Waals surface area contributed by atoms with Crippen LogP contribution in [0.5, 0.6) is 0 Å². The van der Waals surface area contributed by atoms with Gasteiger partial charge in [-0.25, -0.2) is 0 Å². The summed E-state index contributed by atoms with van der Waals surface area (Å²) in [5.41, 5.74) is -5.45. The van der Waals surface area contributed by atoms with Crippen molar-refractivity contribution in [2.24, 2.45) is 22.2 Å². The molecule has 4 fully saturated rings. The van der Waals surface area contributed by atoms with Crippen molar-refractivity contribution in [2.75, 3.05) is 0 Å². The van der Waals surface area contributed by atoms with Gasteiger partial charge in [0, 0.05) is 10.8 Å². The number of esters is 1. The summed E-state index contributed by atoms with van der Waals surface area (Å²) in [6.45, 7) is 6.44. The zero-order valence-corrected chi connectivity index (χ0v) is 18.3. The van der Waals surface area contributed by atoms with Gasteiger partial charge in [0.25, 0.3) is 6.29 Å². The first kappa shape index (κ1) is 23.8. The smallest absolute Gasteiger partial charge is 0.427 e. The predicted molar refractivity (Wildman–Crippen MR) is 99.7 cm³/mol. The van der Waals surface area contributed by atoms with Crippen LogP contribution >= 0.6 is 0 Å². The summed E-state index contributed by atoms with van der Waals surface area (Å²) >= 11 is 0. The number of aliphatic hydroxyl groups excluding tert-OH is 1. The second-order valence-corrected chi connectivity index (χ2v) is 12.3. The zero-order chi connectivity index (χ0) is 23.2. The van der Waals surface area contributed by atoms with Crippen LogP contribution in [-0.2, 0) is 19.6 Å². The minimum absolute atomic E-state index is 0.0918. The van der Waals surface area contributed by atoms with Crippen LogP contribution in [0.4, 0.5) is 8.78 Å². The SMILES string of the molecule is CC(C)(O)C12CC3CC(C(=O)OC(O)C(F)(F)S(=O)(=O)O)(C1)CC(C(C)(C)O)(C3)C2. The lowest BCUT2D eigenvalue weighted by atomic mass is 9.35. The molecule has 0 spiro atoms. The monoisotopic (exact) mass is 456 g/mol. The maximum atomic E-state index is 13.7. The Kier molecular flexibility index (Phi) is 5.02. The van der Waals surface area contributed by atoms with Gasteiger partial charge < -0.3 is 20.1 Å². The Hall–Kier alpha value is -0.880. The van der Waals surface area contributed by atoms with E-state index in [-0.39, 0.29) is 25.2 Å². The average molecular weight is 457 g/mol. The lowest BCUT2D eigenvalue weighted by Gasteiger charge is -2.70. The largest absolute Gasteiger partial charge is 0.430 e. The van der Waals surface area contributed by atoms with Crippen LogP contribution in [0.1, 0.15) is 66.2 Å². The first-order valence-corrected chi connectivity index (χ1v) is 11.3. The highest BCUT2D eigenvalue weighted by molar-refractivity contribution is 7.86. The second-order valence-electron chi connectivity index (χ2n) is 10.8. The fourth-order valence-corrected chi connectivity index (χ4v) is 6.76. The third-order valence-electron chi connectivity index (χ3n) is 7.95. The molecule has 4 aliphatic rings. The molecule has 0 saturated heterocycles. The fraction of sp³-hybridized carbons (Fsp3) is 0.947. The van der Waals surface area contributed by atoms with Gasteiger partial charge in [0.15, 0.2) is 0 Å². The van der Waals surface area contributed by atoms with Crippen molar-refractivity contribution in [1.29, 1.82) is 0 Å². The van der Waals surface area contributed by atoms with E-state index >= 15 is 0 Å². The first-order chi connectivity index (χ1) is 13.2. The second kappa shape index (κ2) is 6.34. The first-order valence-electron chi connectivity index (χ1n) is 9.89. The van der Waals surface area contributed by atoms with Gasteiger partial charge in [-0.1, -0.05) is 0 Å². The average Bonchev–Trinajstić information content (AvgIpc) is 2.50. The number of hydrogen-bond acceptors (Lipinski definition) is 7.